The van der Waals surface area contributed by atoms with Gasteiger partial charge in [-0.2, -0.15) is 0 Å². The van der Waals surface area contributed by atoms with Crippen LogP contribution in [0.4, 0.5) is 4.39 Å². The molecule has 50 valence electrons. The van der Waals surface area contributed by atoms with Crippen molar-refractivity contribution in [3.05, 3.63) is 18.7 Å². The van der Waals surface area contributed by atoms with Crippen molar-refractivity contribution in [3.63, 3.8) is 0 Å². The molecule has 0 aliphatic rings. The maximum Gasteiger partial charge on any atom is 0.243 e. The van der Waals surface area contributed by atoms with E-state index < -0.39 is 0 Å². The maximum atomic E-state index is 11.7. The molecule has 0 bridgehead atoms. The first-order valence-electron chi connectivity index (χ1n) is 2.90. The lowest BCUT2D eigenvalue weighted by Crippen LogP contribution is -2.31. The summed E-state index contributed by atoms with van der Waals surface area (Å²) in [6, 6.07) is 0. The highest BCUT2D eigenvalue weighted by molar-refractivity contribution is 4.61. The van der Waals surface area contributed by atoms with Crippen LogP contribution in [0.1, 0.15) is 0 Å². The van der Waals surface area contributed by atoms with Gasteiger partial charge in [-0.05, 0) is 0 Å². The molecule has 0 aromatic carbocycles. The minimum atomic E-state index is -0.297. The van der Waals surface area contributed by atoms with Crippen LogP contribution in [-0.4, -0.2) is 11.2 Å². The molecule has 0 spiro atoms. The van der Waals surface area contributed by atoms with Crippen molar-refractivity contribution < 1.29 is 8.96 Å². The SMILES string of the molecule is Cn1cc[n+](CCF)c1. The summed E-state index contributed by atoms with van der Waals surface area (Å²) in [5.41, 5.74) is 0. The Bertz CT molecular complexity index is 183. The third-order valence-corrected chi connectivity index (χ3v) is 1.17. The highest BCUT2D eigenvalue weighted by Crippen LogP contribution is 1.76. The third kappa shape index (κ3) is 1.52. The van der Waals surface area contributed by atoms with E-state index in [1.165, 1.54) is 0 Å². The Morgan fingerprint density at radius 1 is 1.67 bits per heavy atom. The van der Waals surface area contributed by atoms with Crippen LogP contribution in [0, 0.1) is 0 Å². The molecule has 9 heavy (non-hydrogen) atoms. The van der Waals surface area contributed by atoms with Crippen molar-refractivity contribution in [1.82, 2.24) is 4.57 Å². The predicted octanol–water partition coefficient (Wildman–Crippen LogP) is 0.282. The monoisotopic (exact) mass is 129 g/mol. The van der Waals surface area contributed by atoms with Crippen molar-refractivity contribution >= 4 is 0 Å². The zero-order valence-electron chi connectivity index (χ0n) is 5.42. The molecule has 1 rings (SSSR count). The number of imidazole rings is 1. The lowest BCUT2D eigenvalue weighted by Gasteiger charge is -1.84. The Labute approximate surface area is 53.5 Å². The number of rotatable bonds is 2. The standard InChI is InChI=1S/C6H10FN2/c1-8-4-5-9(6-8)3-2-7/h4-6H,2-3H2,1H3/q+1. The van der Waals surface area contributed by atoms with Crippen LogP contribution in [0.25, 0.3) is 0 Å². The summed E-state index contributed by atoms with van der Waals surface area (Å²) in [5, 5.41) is 0. The molecule has 2 nitrogen and oxygen atoms in total. The number of nitrogens with zero attached hydrogens (tertiary/aromatic N) is 2. The molecule has 0 saturated heterocycles. The summed E-state index contributed by atoms with van der Waals surface area (Å²) in [6.45, 7) is 0.162. The van der Waals surface area contributed by atoms with Crippen molar-refractivity contribution in [1.29, 1.82) is 0 Å². The van der Waals surface area contributed by atoms with Crippen molar-refractivity contribution in [2.24, 2.45) is 7.05 Å². The average Bonchev–Trinajstić information content (AvgIpc) is 2.17. The number of aryl methyl sites for hydroxylation is 2. The number of hydrogen-bond acceptors (Lipinski definition) is 0. The maximum absolute atomic E-state index is 11.7. The fourth-order valence-corrected chi connectivity index (χ4v) is 0.732. The highest BCUT2D eigenvalue weighted by Gasteiger charge is 1.96. The van der Waals surface area contributed by atoms with Crippen LogP contribution in [-0.2, 0) is 13.6 Å². The zero-order chi connectivity index (χ0) is 6.69. The smallest absolute Gasteiger partial charge is 0.243 e. The number of alkyl halides is 1. The molecule has 0 atom stereocenters. The lowest BCUT2D eigenvalue weighted by atomic mass is 10.7. The topological polar surface area (TPSA) is 8.81 Å². The Morgan fingerprint density at radius 3 is 2.89 bits per heavy atom. The van der Waals surface area contributed by atoms with E-state index in [-0.39, 0.29) is 6.67 Å². The summed E-state index contributed by atoms with van der Waals surface area (Å²) in [6.07, 6.45) is 5.58. The zero-order valence-corrected chi connectivity index (χ0v) is 5.42. The molecule has 0 fully saturated rings. The van der Waals surface area contributed by atoms with Crippen LogP contribution in [0.2, 0.25) is 0 Å². The van der Waals surface area contributed by atoms with E-state index in [1.54, 1.807) is 4.57 Å². The van der Waals surface area contributed by atoms with Crippen LogP contribution < -0.4 is 4.57 Å². The quantitative estimate of drug-likeness (QED) is 0.507. The van der Waals surface area contributed by atoms with Gasteiger partial charge in [-0.25, -0.2) is 13.5 Å². The first-order chi connectivity index (χ1) is 4.33. The molecular weight excluding hydrogens is 119 g/mol. The summed E-state index contributed by atoms with van der Waals surface area (Å²) in [5.74, 6) is 0. The van der Waals surface area contributed by atoms with E-state index in [1.807, 2.05) is 30.3 Å². The van der Waals surface area contributed by atoms with Crippen LogP contribution >= 0.6 is 0 Å². The van der Waals surface area contributed by atoms with Crippen LogP contribution in [0.15, 0.2) is 18.7 Å². The second-order valence-corrected chi connectivity index (χ2v) is 2.01. The molecule has 0 amide bonds. The molecule has 0 saturated carbocycles. The van der Waals surface area contributed by atoms with E-state index in [4.69, 9.17) is 0 Å². The van der Waals surface area contributed by atoms with Crippen molar-refractivity contribution in [2.45, 2.75) is 6.54 Å². The number of hydrogen-bond donors (Lipinski definition) is 0. The van der Waals surface area contributed by atoms with E-state index >= 15 is 0 Å². The Hall–Kier alpha value is -0.860. The largest absolute Gasteiger partial charge is 0.247 e. The van der Waals surface area contributed by atoms with Gasteiger partial charge in [0.05, 0.1) is 7.05 Å². The van der Waals surface area contributed by atoms with Gasteiger partial charge in [-0.3, -0.25) is 0 Å². The minimum absolute atomic E-state index is 0.297. The van der Waals surface area contributed by atoms with Crippen LogP contribution in [0.3, 0.4) is 0 Å². The molecule has 1 heterocycles. The molecule has 0 unspecified atom stereocenters. The fourth-order valence-electron chi connectivity index (χ4n) is 0.732. The molecule has 0 aliphatic heterocycles. The third-order valence-electron chi connectivity index (χ3n) is 1.17. The number of aromatic nitrogens is 2. The van der Waals surface area contributed by atoms with Gasteiger partial charge in [0, 0.05) is 0 Å². The first-order valence-corrected chi connectivity index (χ1v) is 2.90. The summed E-state index contributed by atoms with van der Waals surface area (Å²) >= 11 is 0. The van der Waals surface area contributed by atoms with Gasteiger partial charge in [0.2, 0.25) is 6.33 Å². The molecular formula is C6H10FN2+. The fraction of sp³-hybridized carbons (Fsp3) is 0.500. The summed E-state index contributed by atoms with van der Waals surface area (Å²) in [4.78, 5) is 0. The molecule has 3 heteroatoms. The minimum Gasteiger partial charge on any atom is -0.247 e. The van der Waals surface area contributed by atoms with E-state index in [0.29, 0.717) is 6.54 Å². The normalized spacial score (nSPS) is 10.0. The van der Waals surface area contributed by atoms with Gasteiger partial charge >= 0.3 is 0 Å². The summed E-state index contributed by atoms with van der Waals surface area (Å²) < 4.78 is 15.3. The Balaban J connectivity index is 2.61. The van der Waals surface area contributed by atoms with Crippen molar-refractivity contribution in [3.8, 4) is 0 Å². The molecule has 0 N–H and O–H groups in total. The average molecular weight is 129 g/mol. The van der Waals surface area contributed by atoms with Gasteiger partial charge in [0.1, 0.15) is 25.6 Å². The van der Waals surface area contributed by atoms with Crippen LogP contribution in [0.5, 0.6) is 0 Å². The van der Waals surface area contributed by atoms with E-state index in [0.717, 1.165) is 0 Å². The first kappa shape index (κ1) is 6.26. The molecule has 1 aromatic heterocycles. The van der Waals surface area contributed by atoms with Gasteiger partial charge in [-0.15, -0.1) is 0 Å². The van der Waals surface area contributed by atoms with Gasteiger partial charge in [0.15, 0.2) is 0 Å². The Kier molecular flexibility index (Phi) is 1.82. The predicted molar refractivity (Wildman–Crippen MR) is 31.6 cm³/mol. The highest BCUT2D eigenvalue weighted by atomic mass is 19.1. The second kappa shape index (κ2) is 2.62. The van der Waals surface area contributed by atoms with Gasteiger partial charge < -0.3 is 0 Å². The summed E-state index contributed by atoms with van der Waals surface area (Å²) in [7, 11) is 1.91. The van der Waals surface area contributed by atoms with E-state index in [9.17, 15) is 4.39 Å². The molecule has 0 aliphatic carbocycles. The van der Waals surface area contributed by atoms with E-state index in [2.05, 4.69) is 0 Å². The number of halogens is 1. The van der Waals surface area contributed by atoms with Gasteiger partial charge in [0.25, 0.3) is 0 Å². The lowest BCUT2D eigenvalue weighted by molar-refractivity contribution is -0.696. The Morgan fingerprint density at radius 2 is 2.44 bits per heavy atom. The van der Waals surface area contributed by atoms with Crippen molar-refractivity contribution in [2.75, 3.05) is 6.67 Å². The molecule has 1 aromatic rings. The second-order valence-electron chi connectivity index (χ2n) is 2.01. The molecule has 0 radical (unpaired) electrons. The van der Waals surface area contributed by atoms with Gasteiger partial charge in [-0.1, -0.05) is 0 Å².